The number of hydrogen-bond donors (Lipinski definition) is 1. The summed E-state index contributed by atoms with van der Waals surface area (Å²) in [6.07, 6.45) is 6.98. The number of nitrogens with zero attached hydrogens (tertiary/aromatic N) is 2. The maximum Gasteiger partial charge on any atom is 0.275 e. The van der Waals surface area contributed by atoms with Gasteiger partial charge in [-0.2, -0.15) is 0 Å². The monoisotopic (exact) mass is 351 g/mol. The van der Waals surface area contributed by atoms with Crippen molar-refractivity contribution < 1.29 is 14.3 Å². The van der Waals surface area contributed by atoms with Gasteiger partial charge in [-0.15, -0.1) is 0 Å². The highest BCUT2D eigenvalue weighted by Gasteiger charge is 2.17. The molecule has 3 heterocycles. The Morgan fingerprint density at radius 3 is 2.96 bits per heavy atom. The molecule has 1 aromatic carbocycles. The summed E-state index contributed by atoms with van der Waals surface area (Å²) in [5.74, 6) is 0.373. The number of nitrogens with one attached hydrogen (secondary N) is 1. The maximum atomic E-state index is 12.6. The molecule has 1 unspecified atom stereocenters. The number of anilines is 1. The van der Waals surface area contributed by atoms with E-state index in [4.69, 9.17) is 9.47 Å². The first kappa shape index (κ1) is 16.6. The molecule has 1 aliphatic rings. The number of hydrogen-bond acceptors (Lipinski definition) is 4. The number of pyridine rings is 1. The average Bonchev–Trinajstić information content (AvgIpc) is 3.12. The summed E-state index contributed by atoms with van der Waals surface area (Å²) >= 11 is 0. The number of para-hydroxylation sites is 2. The van der Waals surface area contributed by atoms with Gasteiger partial charge in [-0.1, -0.05) is 18.2 Å². The summed E-state index contributed by atoms with van der Waals surface area (Å²) < 4.78 is 13.4. The molecule has 1 saturated heterocycles. The van der Waals surface area contributed by atoms with Crippen LogP contribution in [0.1, 0.15) is 29.8 Å². The summed E-state index contributed by atoms with van der Waals surface area (Å²) in [6, 6.07) is 13.1. The maximum absolute atomic E-state index is 12.6. The van der Waals surface area contributed by atoms with Gasteiger partial charge in [0.1, 0.15) is 23.7 Å². The van der Waals surface area contributed by atoms with Crippen molar-refractivity contribution in [2.24, 2.45) is 0 Å². The number of benzene rings is 1. The minimum atomic E-state index is -0.265. The number of ether oxygens (including phenoxy) is 2. The van der Waals surface area contributed by atoms with Crippen LogP contribution in [0.15, 0.2) is 54.9 Å². The van der Waals surface area contributed by atoms with E-state index in [1.165, 1.54) is 6.42 Å². The SMILES string of the molecule is O=C(Nc1ccccc1OCC1CCCCO1)c1cn2ccccc2n1. The number of amides is 1. The van der Waals surface area contributed by atoms with Crippen LogP contribution in [0, 0.1) is 0 Å². The predicted octanol–water partition coefficient (Wildman–Crippen LogP) is 3.53. The molecule has 1 amide bonds. The van der Waals surface area contributed by atoms with Gasteiger partial charge < -0.3 is 19.2 Å². The van der Waals surface area contributed by atoms with E-state index in [1.807, 2.05) is 53.1 Å². The van der Waals surface area contributed by atoms with Gasteiger partial charge in [0, 0.05) is 19.0 Å². The standard InChI is InChI=1S/C20H21N3O3/c24-20(17-13-23-11-5-3-10-19(23)21-17)22-16-8-1-2-9-18(16)26-14-15-7-4-6-12-25-15/h1-3,5,8-11,13,15H,4,6-7,12,14H2,(H,22,24). The van der Waals surface area contributed by atoms with E-state index in [0.29, 0.717) is 23.7 Å². The number of fused-ring (bicyclic) bond motifs is 1. The van der Waals surface area contributed by atoms with Crippen LogP contribution < -0.4 is 10.1 Å². The molecule has 1 atom stereocenters. The Morgan fingerprint density at radius 2 is 2.12 bits per heavy atom. The van der Waals surface area contributed by atoms with E-state index in [9.17, 15) is 4.79 Å². The second-order valence-electron chi connectivity index (χ2n) is 6.34. The van der Waals surface area contributed by atoms with Crippen LogP contribution in [-0.4, -0.2) is 34.6 Å². The average molecular weight is 351 g/mol. The lowest BCUT2D eigenvalue weighted by molar-refractivity contribution is -0.0109. The lowest BCUT2D eigenvalue weighted by Crippen LogP contribution is -2.26. The van der Waals surface area contributed by atoms with Gasteiger partial charge in [0.15, 0.2) is 0 Å². The van der Waals surface area contributed by atoms with Crippen molar-refractivity contribution in [3.05, 3.63) is 60.6 Å². The Bertz CT molecular complexity index is 867. The van der Waals surface area contributed by atoms with Gasteiger partial charge >= 0.3 is 0 Å². The van der Waals surface area contributed by atoms with Gasteiger partial charge in [0.05, 0.1) is 11.8 Å². The molecule has 1 aliphatic heterocycles. The molecule has 1 N–H and O–H groups in total. The second-order valence-corrected chi connectivity index (χ2v) is 6.34. The zero-order valence-corrected chi connectivity index (χ0v) is 14.4. The molecule has 134 valence electrons. The van der Waals surface area contributed by atoms with Crippen molar-refractivity contribution in [3.8, 4) is 5.75 Å². The van der Waals surface area contributed by atoms with E-state index >= 15 is 0 Å². The summed E-state index contributed by atoms with van der Waals surface area (Å²) in [4.78, 5) is 16.9. The highest BCUT2D eigenvalue weighted by atomic mass is 16.5. The Kier molecular flexibility index (Phi) is 4.84. The van der Waals surface area contributed by atoms with Crippen LogP contribution in [0.25, 0.3) is 5.65 Å². The van der Waals surface area contributed by atoms with Crippen LogP contribution in [0.5, 0.6) is 5.75 Å². The fraction of sp³-hybridized carbons (Fsp3) is 0.300. The number of carbonyl (C=O) groups excluding carboxylic acids is 1. The van der Waals surface area contributed by atoms with Gasteiger partial charge in [0.2, 0.25) is 0 Å². The van der Waals surface area contributed by atoms with Gasteiger partial charge in [-0.05, 0) is 43.5 Å². The van der Waals surface area contributed by atoms with Crippen molar-refractivity contribution in [1.29, 1.82) is 0 Å². The fourth-order valence-electron chi connectivity index (χ4n) is 3.05. The molecule has 0 radical (unpaired) electrons. The minimum Gasteiger partial charge on any atom is -0.489 e. The van der Waals surface area contributed by atoms with Crippen LogP contribution >= 0.6 is 0 Å². The van der Waals surface area contributed by atoms with Crippen LogP contribution in [-0.2, 0) is 4.74 Å². The number of rotatable bonds is 5. The number of aromatic nitrogens is 2. The molecule has 6 heteroatoms. The Hall–Kier alpha value is -2.86. The molecule has 4 rings (SSSR count). The van der Waals surface area contributed by atoms with E-state index in [1.54, 1.807) is 6.20 Å². The molecular weight excluding hydrogens is 330 g/mol. The van der Waals surface area contributed by atoms with Crippen LogP contribution in [0.3, 0.4) is 0 Å². The van der Waals surface area contributed by atoms with Crippen molar-refractivity contribution >= 4 is 17.2 Å². The first-order valence-corrected chi connectivity index (χ1v) is 8.88. The van der Waals surface area contributed by atoms with E-state index in [0.717, 1.165) is 25.1 Å². The molecule has 3 aromatic rings. The van der Waals surface area contributed by atoms with E-state index < -0.39 is 0 Å². The van der Waals surface area contributed by atoms with Crippen molar-refractivity contribution in [2.45, 2.75) is 25.4 Å². The van der Waals surface area contributed by atoms with Crippen molar-refractivity contribution in [1.82, 2.24) is 9.38 Å². The quantitative estimate of drug-likeness (QED) is 0.764. The van der Waals surface area contributed by atoms with Crippen molar-refractivity contribution in [3.63, 3.8) is 0 Å². The minimum absolute atomic E-state index is 0.117. The Labute approximate surface area is 151 Å². The molecule has 6 nitrogen and oxygen atoms in total. The van der Waals surface area contributed by atoms with Crippen molar-refractivity contribution in [2.75, 3.05) is 18.5 Å². The zero-order chi connectivity index (χ0) is 17.8. The third-order valence-electron chi connectivity index (χ3n) is 4.43. The van der Waals surface area contributed by atoms with Gasteiger partial charge in [0.25, 0.3) is 5.91 Å². The molecule has 0 saturated carbocycles. The topological polar surface area (TPSA) is 64.9 Å². The Balaban J connectivity index is 1.46. The largest absolute Gasteiger partial charge is 0.489 e. The van der Waals surface area contributed by atoms with Crippen LogP contribution in [0.2, 0.25) is 0 Å². The van der Waals surface area contributed by atoms with Crippen LogP contribution in [0.4, 0.5) is 5.69 Å². The molecule has 1 fully saturated rings. The zero-order valence-electron chi connectivity index (χ0n) is 14.4. The number of imidazole rings is 1. The summed E-state index contributed by atoms with van der Waals surface area (Å²) in [6.45, 7) is 1.28. The molecule has 0 spiro atoms. The highest BCUT2D eigenvalue weighted by Crippen LogP contribution is 2.25. The first-order chi connectivity index (χ1) is 12.8. The summed E-state index contributed by atoms with van der Waals surface area (Å²) in [5.41, 5.74) is 1.73. The number of carbonyl (C=O) groups is 1. The smallest absolute Gasteiger partial charge is 0.275 e. The first-order valence-electron chi connectivity index (χ1n) is 8.88. The van der Waals surface area contributed by atoms with E-state index in [2.05, 4.69) is 10.3 Å². The summed E-state index contributed by atoms with van der Waals surface area (Å²) in [5, 5.41) is 2.89. The van der Waals surface area contributed by atoms with Gasteiger partial charge in [-0.3, -0.25) is 4.79 Å². The molecule has 0 aliphatic carbocycles. The summed E-state index contributed by atoms with van der Waals surface area (Å²) in [7, 11) is 0. The Morgan fingerprint density at radius 1 is 1.23 bits per heavy atom. The lowest BCUT2D eigenvalue weighted by atomic mass is 10.1. The molecule has 26 heavy (non-hydrogen) atoms. The third kappa shape index (κ3) is 3.70. The predicted molar refractivity (Wildman–Crippen MR) is 98.7 cm³/mol. The fourth-order valence-corrected chi connectivity index (χ4v) is 3.05. The van der Waals surface area contributed by atoms with E-state index in [-0.39, 0.29) is 12.0 Å². The highest BCUT2D eigenvalue weighted by molar-refractivity contribution is 6.04. The second kappa shape index (κ2) is 7.58. The lowest BCUT2D eigenvalue weighted by Gasteiger charge is -2.23. The normalized spacial score (nSPS) is 17.2. The molecular formula is C20H21N3O3. The third-order valence-corrected chi connectivity index (χ3v) is 4.43. The van der Waals surface area contributed by atoms with Gasteiger partial charge in [-0.25, -0.2) is 4.98 Å². The molecule has 0 bridgehead atoms. The molecule has 2 aromatic heterocycles.